The van der Waals surface area contributed by atoms with Crippen LogP contribution >= 0.6 is 22.9 Å². The number of Topliss-reactive ketones (excluding diaryl/α,β-unsaturated/α-hetero) is 1. The van der Waals surface area contributed by atoms with E-state index in [-0.39, 0.29) is 23.1 Å². The Morgan fingerprint density at radius 1 is 1.61 bits per heavy atom. The molecule has 0 N–H and O–H groups in total. The van der Waals surface area contributed by atoms with Crippen LogP contribution in [0, 0.1) is 28.4 Å². The Bertz CT molecular complexity index is 800. The summed E-state index contributed by atoms with van der Waals surface area (Å²) in [4.78, 5) is 26.3. The van der Waals surface area contributed by atoms with Gasteiger partial charge in [0, 0.05) is 23.2 Å². The highest BCUT2D eigenvalue weighted by atomic mass is 35.5. The van der Waals surface area contributed by atoms with Gasteiger partial charge in [-0.25, -0.2) is 4.98 Å². The fraction of sp³-hybridized carbons (Fsp3) is 0.214. The first-order valence-corrected chi connectivity index (χ1v) is 7.59. The van der Waals surface area contributed by atoms with Crippen molar-refractivity contribution in [1.82, 2.24) is 4.98 Å². The number of hydrogen-bond donors (Lipinski definition) is 0. The number of nitro groups is 1. The quantitative estimate of drug-likeness (QED) is 0.584. The summed E-state index contributed by atoms with van der Waals surface area (Å²) in [6.07, 6.45) is 0. The normalized spacial score (nSPS) is 11.5. The number of carbonyl (C=O) groups is 1. The van der Waals surface area contributed by atoms with E-state index in [0.29, 0.717) is 5.01 Å². The molecule has 1 aromatic heterocycles. The number of benzene rings is 1. The molecule has 0 saturated carbocycles. The number of aryl methyl sites for hydroxylation is 1. The van der Waals surface area contributed by atoms with Gasteiger partial charge >= 0.3 is 0 Å². The van der Waals surface area contributed by atoms with Gasteiger partial charge in [0.2, 0.25) is 0 Å². The molecule has 0 aliphatic heterocycles. The van der Waals surface area contributed by atoms with E-state index in [9.17, 15) is 14.9 Å². The van der Waals surface area contributed by atoms with Crippen molar-refractivity contribution in [2.24, 2.45) is 0 Å². The fourth-order valence-corrected chi connectivity index (χ4v) is 2.81. The van der Waals surface area contributed by atoms with Crippen molar-refractivity contribution < 1.29 is 14.5 Å². The smallest absolute Gasteiger partial charge is 0.271 e. The summed E-state index contributed by atoms with van der Waals surface area (Å²) in [6, 6.07) is 5.56. The van der Waals surface area contributed by atoms with Gasteiger partial charge in [0.05, 0.1) is 16.0 Å². The summed E-state index contributed by atoms with van der Waals surface area (Å²) in [5, 5.41) is 22.0. The third kappa shape index (κ3) is 4.03. The lowest BCUT2D eigenvalue weighted by atomic mass is 10.1. The van der Waals surface area contributed by atoms with E-state index < -0.39 is 16.6 Å². The van der Waals surface area contributed by atoms with Crippen LogP contribution in [0.5, 0.6) is 5.75 Å². The molecule has 23 heavy (non-hydrogen) atoms. The zero-order chi connectivity index (χ0) is 17.0. The van der Waals surface area contributed by atoms with Crippen molar-refractivity contribution in [3.8, 4) is 11.8 Å². The van der Waals surface area contributed by atoms with Crippen molar-refractivity contribution in [1.29, 1.82) is 5.26 Å². The minimum absolute atomic E-state index is 0.0191. The van der Waals surface area contributed by atoms with Gasteiger partial charge in [0.25, 0.3) is 5.69 Å². The van der Waals surface area contributed by atoms with Crippen LogP contribution in [0.3, 0.4) is 0 Å². The fourth-order valence-electron chi connectivity index (χ4n) is 1.72. The molecule has 1 heterocycles. The number of halogens is 1. The number of nitriles is 1. The van der Waals surface area contributed by atoms with Gasteiger partial charge in [-0.15, -0.1) is 11.3 Å². The number of ether oxygens (including phenoxy) is 1. The number of nitrogens with zero attached hydrogens (tertiary/aromatic N) is 3. The van der Waals surface area contributed by atoms with Crippen LogP contribution in [0.1, 0.15) is 16.6 Å². The molecule has 1 aromatic carbocycles. The van der Waals surface area contributed by atoms with Crippen molar-refractivity contribution in [3.05, 3.63) is 49.4 Å². The molecule has 0 radical (unpaired) electrons. The second-order valence-corrected chi connectivity index (χ2v) is 5.81. The predicted octanol–water partition coefficient (Wildman–Crippen LogP) is 3.27. The van der Waals surface area contributed by atoms with Crippen LogP contribution in [0.15, 0.2) is 23.6 Å². The molecule has 0 fully saturated rings. The number of hydrogen-bond acceptors (Lipinski definition) is 7. The highest BCUT2D eigenvalue weighted by Crippen LogP contribution is 2.29. The second kappa shape index (κ2) is 7.17. The van der Waals surface area contributed by atoms with E-state index in [2.05, 4.69) is 4.98 Å². The molecule has 0 amide bonds. The average molecular weight is 352 g/mol. The molecule has 2 rings (SSSR count). The van der Waals surface area contributed by atoms with Crippen LogP contribution in [-0.2, 0) is 4.79 Å². The first kappa shape index (κ1) is 16.9. The average Bonchev–Trinajstić information content (AvgIpc) is 2.92. The molecule has 7 nitrogen and oxygen atoms in total. The van der Waals surface area contributed by atoms with E-state index in [0.717, 1.165) is 11.8 Å². The van der Waals surface area contributed by atoms with E-state index >= 15 is 0 Å². The summed E-state index contributed by atoms with van der Waals surface area (Å²) >= 11 is 7.10. The molecule has 2 aromatic rings. The Morgan fingerprint density at radius 2 is 2.35 bits per heavy atom. The highest BCUT2D eigenvalue weighted by Gasteiger charge is 2.24. The van der Waals surface area contributed by atoms with Crippen molar-refractivity contribution in [2.75, 3.05) is 6.61 Å². The third-order valence-electron chi connectivity index (χ3n) is 2.83. The molecule has 0 aliphatic carbocycles. The largest absolute Gasteiger partial charge is 0.484 e. The van der Waals surface area contributed by atoms with E-state index in [1.807, 2.05) is 6.07 Å². The first-order valence-electron chi connectivity index (χ1n) is 6.33. The number of aromatic nitrogens is 1. The molecule has 1 atom stereocenters. The van der Waals surface area contributed by atoms with Crippen LogP contribution in [0.25, 0.3) is 0 Å². The van der Waals surface area contributed by atoms with Gasteiger partial charge < -0.3 is 4.74 Å². The monoisotopic (exact) mass is 351 g/mol. The Balaban J connectivity index is 2.06. The molecule has 0 bridgehead atoms. The van der Waals surface area contributed by atoms with Gasteiger partial charge in [0.15, 0.2) is 11.7 Å². The number of non-ortho nitro benzene ring substituents is 1. The molecule has 0 spiro atoms. The zero-order valence-corrected chi connectivity index (χ0v) is 13.4. The molecule has 0 unspecified atom stereocenters. The molecular weight excluding hydrogens is 342 g/mol. The minimum Gasteiger partial charge on any atom is -0.484 e. The maximum Gasteiger partial charge on any atom is 0.271 e. The number of thiazole rings is 1. The second-order valence-electron chi connectivity index (χ2n) is 4.52. The number of carbonyl (C=O) groups excluding carboxylic acids is 1. The minimum atomic E-state index is -1.01. The summed E-state index contributed by atoms with van der Waals surface area (Å²) in [7, 11) is 0. The Labute approximate surface area is 140 Å². The topological polar surface area (TPSA) is 106 Å². The number of rotatable bonds is 6. The van der Waals surface area contributed by atoms with Crippen LogP contribution < -0.4 is 4.74 Å². The maximum absolute atomic E-state index is 12.1. The number of ketones is 1. The lowest BCUT2D eigenvalue weighted by Gasteiger charge is -2.09. The molecular formula is C14H10ClN3O4S. The third-order valence-corrected chi connectivity index (χ3v) is 4.15. The molecule has 9 heteroatoms. The summed E-state index contributed by atoms with van der Waals surface area (Å²) in [6.45, 7) is 1.39. The summed E-state index contributed by atoms with van der Waals surface area (Å²) in [5.74, 6) is -1.33. The van der Waals surface area contributed by atoms with E-state index in [4.69, 9.17) is 21.6 Å². The maximum atomic E-state index is 12.1. The lowest BCUT2D eigenvalue weighted by Crippen LogP contribution is -2.19. The Morgan fingerprint density at radius 3 is 2.87 bits per heavy atom. The Kier molecular flexibility index (Phi) is 5.26. The predicted molar refractivity (Wildman–Crippen MR) is 83.8 cm³/mol. The van der Waals surface area contributed by atoms with Crippen LogP contribution in [-0.4, -0.2) is 22.3 Å². The summed E-state index contributed by atoms with van der Waals surface area (Å²) < 4.78 is 5.27. The van der Waals surface area contributed by atoms with Gasteiger partial charge in [-0.1, -0.05) is 11.6 Å². The highest BCUT2D eigenvalue weighted by molar-refractivity contribution is 7.09. The number of nitro benzene ring substituents is 1. The van der Waals surface area contributed by atoms with Gasteiger partial charge in [-0.05, 0) is 13.0 Å². The van der Waals surface area contributed by atoms with Gasteiger partial charge in [0.1, 0.15) is 17.4 Å². The molecule has 0 aliphatic rings. The van der Waals surface area contributed by atoms with Crippen molar-refractivity contribution in [2.45, 2.75) is 12.8 Å². The van der Waals surface area contributed by atoms with Gasteiger partial charge in [-0.3, -0.25) is 14.9 Å². The molecule has 118 valence electrons. The lowest BCUT2D eigenvalue weighted by molar-refractivity contribution is -0.384. The van der Waals surface area contributed by atoms with E-state index in [1.165, 1.54) is 23.5 Å². The van der Waals surface area contributed by atoms with Crippen LogP contribution in [0.4, 0.5) is 5.69 Å². The first-order chi connectivity index (χ1) is 10.9. The molecule has 0 saturated heterocycles. The SMILES string of the molecule is Cc1csc([C@@H](C#N)C(=O)COc2ccc([N+](=O)[O-])cc2Cl)n1. The summed E-state index contributed by atoms with van der Waals surface area (Å²) in [5.41, 5.74) is 0.555. The van der Waals surface area contributed by atoms with E-state index in [1.54, 1.807) is 12.3 Å². The zero-order valence-electron chi connectivity index (χ0n) is 11.9. The standard InChI is InChI=1S/C14H10ClN3O4S/c1-8-7-23-14(17-8)10(5-16)12(19)6-22-13-3-2-9(18(20)21)4-11(13)15/h2-4,7,10H,6H2,1H3/t10-/m0/s1. The van der Waals surface area contributed by atoms with Gasteiger partial charge in [-0.2, -0.15) is 5.26 Å². The van der Waals surface area contributed by atoms with Crippen molar-refractivity contribution in [3.63, 3.8) is 0 Å². The van der Waals surface area contributed by atoms with Crippen LogP contribution in [0.2, 0.25) is 5.02 Å². The Hall–Kier alpha value is -2.50. The van der Waals surface area contributed by atoms with Crippen molar-refractivity contribution >= 4 is 34.4 Å².